The summed E-state index contributed by atoms with van der Waals surface area (Å²) in [5, 5.41) is 12.0. The van der Waals surface area contributed by atoms with Gasteiger partial charge in [-0.3, -0.25) is 9.79 Å². The van der Waals surface area contributed by atoms with E-state index in [2.05, 4.69) is 4.99 Å². The number of aromatic hydroxyl groups is 1. The van der Waals surface area contributed by atoms with Gasteiger partial charge in [0.15, 0.2) is 9.84 Å². The fraction of sp³-hybridized carbons (Fsp3) is 0.238. The molecule has 1 aromatic heterocycles. The van der Waals surface area contributed by atoms with Crippen molar-refractivity contribution >= 4 is 26.8 Å². The van der Waals surface area contributed by atoms with Crippen molar-refractivity contribution in [2.24, 2.45) is 4.99 Å². The number of aryl methyl sites for hydroxylation is 1. The van der Waals surface area contributed by atoms with Crippen LogP contribution in [0.3, 0.4) is 0 Å². The minimum atomic E-state index is -3.05. The highest BCUT2D eigenvalue weighted by Crippen LogP contribution is 2.27. The minimum absolute atomic E-state index is 0.0135. The summed E-state index contributed by atoms with van der Waals surface area (Å²) < 4.78 is 24.7. The van der Waals surface area contributed by atoms with Crippen LogP contribution in [0.2, 0.25) is 0 Å². The summed E-state index contributed by atoms with van der Waals surface area (Å²) in [6.45, 7) is 1.87. The number of aromatic nitrogens is 1. The first-order chi connectivity index (χ1) is 13.4. The molecule has 0 amide bonds. The zero-order valence-electron chi connectivity index (χ0n) is 15.4. The largest absolute Gasteiger partial charge is 0.494 e. The van der Waals surface area contributed by atoms with Crippen molar-refractivity contribution in [2.45, 2.75) is 19.4 Å². The van der Waals surface area contributed by atoms with Crippen LogP contribution in [0.15, 0.2) is 58.3 Å². The predicted octanol–water partition coefficient (Wildman–Crippen LogP) is 2.61. The predicted molar refractivity (Wildman–Crippen MR) is 111 cm³/mol. The Kier molecular flexibility index (Phi) is 4.55. The van der Waals surface area contributed by atoms with Crippen LogP contribution < -0.4 is 5.56 Å². The molecule has 1 saturated heterocycles. The van der Waals surface area contributed by atoms with Crippen molar-refractivity contribution in [1.29, 1.82) is 0 Å². The zero-order valence-corrected chi connectivity index (χ0v) is 16.2. The quantitative estimate of drug-likeness (QED) is 0.689. The van der Waals surface area contributed by atoms with Crippen molar-refractivity contribution in [3.8, 4) is 11.6 Å². The third-order valence-electron chi connectivity index (χ3n) is 5.08. The Morgan fingerprint density at radius 2 is 1.79 bits per heavy atom. The van der Waals surface area contributed by atoms with E-state index in [0.717, 1.165) is 5.56 Å². The van der Waals surface area contributed by atoms with Crippen LogP contribution in [0, 0.1) is 6.92 Å². The molecular formula is C21H20N2O4S. The molecule has 2 heterocycles. The van der Waals surface area contributed by atoms with E-state index in [-0.39, 0.29) is 29.0 Å². The monoisotopic (exact) mass is 396 g/mol. The van der Waals surface area contributed by atoms with Crippen LogP contribution in [-0.4, -0.2) is 41.9 Å². The van der Waals surface area contributed by atoms with E-state index in [1.807, 2.05) is 19.1 Å². The molecule has 6 nitrogen and oxygen atoms in total. The maximum atomic E-state index is 13.1. The van der Waals surface area contributed by atoms with Crippen LogP contribution in [-0.2, 0) is 9.84 Å². The van der Waals surface area contributed by atoms with Gasteiger partial charge in [-0.2, -0.15) is 0 Å². The third-order valence-corrected chi connectivity index (χ3v) is 6.83. The minimum Gasteiger partial charge on any atom is -0.494 e. The number of nitrogens with zero attached hydrogens (tertiary/aromatic N) is 2. The van der Waals surface area contributed by atoms with E-state index in [1.54, 1.807) is 36.4 Å². The second-order valence-electron chi connectivity index (χ2n) is 7.04. The summed E-state index contributed by atoms with van der Waals surface area (Å²) in [5.41, 5.74) is 1.53. The van der Waals surface area contributed by atoms with Gasteiger partial charge >= 0.3 is 0 Å². The molecule has 2 aromatic carbocycles. The second kappa shape index (κ2) is 6.91. The molecule has 7 heteroatoms. The molecule has 0 aliphatic carbocycles. The van der Waals surface area contributed by atoms with E-state index in [9.17, 15) is 18.3 Å². The Labute approximate surface area is 162 Å². The Morgan fingerprint density at radius 3 is 2.46 bits per heavy atom. The fourth-order valence-corrected chi connectivity index (χ4v) is 5.24. The number of benzene rings is 2. The number of pyridine rings is 1. The molecule has 0 saturated carbocycles. The van der Waals surface area contributed by atoms with Gasteiger partial charge in [-0.1, -0.05) is 36.4 Å². The number of hydrogen-bond acceptors (Lipinski definition) is 5. The normalized spacial score (nSPS) is 18.8. The Bertz CT molecular complexity index is 1260. The second-order valence-corrected chi connectivity index (χ2v) is 9.27. The maximum Gasteiger partial charge on any atom is 0.265 e. The third kappa shape index (κ3) is 3.22. The van der Waals surface area contributed by atoms with E-state index < -0.39 is 9.84 Å². The standard InChI is InChI=1S/C21H20N2O4S/c1-14-6-2-5-9-19(14)23-20(24)17-8-4-3-7-16(17)18(21(23)25)12-22-15-10-11-28(26,27)13-15/h2-9,12,15,25H,10-11,13H2,1H3. The zero-order chi connectivity index (χ0) is 19.9. The molecule has 1 N–H and O–H groups in total. The summed E-state index contributed by atoms with van der Waals surface area (Å²) in [4.78, 5) is 17.5. The van der Waals surface area contributed by atoms with Crippen LogP contribution in [0.25, 0.3) is 16.5 Å². The molecule has 28 heavy (non-hydrogen) atoms. The summed E-state index contributed by atoms with van der Waals surface area (Å²) in [6.07, 6.45) is 1.96. The van der Waals surface area contributed by atoms with Gasteiger partial charge in [0.1, 0.15) is 0 Å². The number of rotatable bonds is 3. The molecule has 0 spiro atoms. The van der Waals surface area contributed by atoms with Crippen LogP contribution in [0.1, 0.15) is 17.5 Å². The fourth-order valence-electron chi connectivity index (χ4n) is 3.60. The lowest BCUT2D eigenvalue weighted by molar-refractivity contribution is 0.436. The van der Waals surface area contributed by atoms with E-state index >= 15 is 0 Å². The maximum absolute atomic E-state index is 13.1. The molecule has 0 radical (unpaired) electrons. The average molecular weight is 396 g/mol. The molecule has 1 atom stereocenters. The molecule has 1 aliphatic heterocycles. The molecule has 1 fully saturated rings. The number of sulfone groups is 1. The average Bonchev–Trinajstić information content (AvgIpc) is 3.02. The summed E-state index contributed by atoms with van der Waals surface area (Å²) in [6, 6.07) is 14.0. The van der Waals surface area contributed by atoms with Crippen LogP contribution in [0.5, 0.6) is 5.88 Å². The molecule has 4 rings (SSSR count). The highest BCUT2D eigenvalue weighted by atomic mass is 32.2. The van der Waals surface area contributed by atoms with Gasteiger partial charge in [0.25, 0.3) is 5.56 Å². The van der Waals surface area contributed by atoms with Gasteiger partial charge < -0.3 is 5.11 Å². The number of aliphatic imine (C=N–C) groups is 1. The lowest BCUT2D eigenvalue weighted by Crippen LogP contribution is -2.21. The number of fused-ring (bicyclic) bond motifs is 1. The van der Waals surface area contributed by atoms with Gasteiger partial charge in [0.2, 0.25) is 5.88 Å². The Morgan fingerprint density at radius 1 is 1.11 bits per heavy atom. The van der Waals surface area contributed by atoms with Gasteiger partial charge in [0, 0.05) is 17.0 Å². The Hall–Kier alpha value is -2.93. The van der Waals surface area contributed by atoms with Crippen LogP contribution in [0.4, 0.5) is 0 Å². The molecule has 1 unspecified atom stereocenters. The Balaban J connectivity index is 1.93. The molecule has 1 aliphatic rings. The highest BCUT2D eigenvalue weighted by molar-refractivity contribution is 7.91. The first kappa shape index (κ1) is 18.4. The summed E-state index contributed by atoms with van der Waals surface area (Å²) in [5.74, 6) is -0.0630. The van der Waals surface area contributed by atoms with Crippen molar-refractivity contribution in [3.05, 3.63) is 70.0 Å². The van der Waals surface area contributed by atoms with Gasteiger partial charge in [0.05, 0.1) is 28.8 Å². The van der Waals surface area contributed by atoms with Gasteiger partial charge in [-0.05, 0) is 31.0 Å². The summed E-state index contributed by atoms with van der Waals surface area (Å²) >= 11 is 0. The topological polar surface area (TPSA) is 88.7 Å². The summed E-state index contributed by atoms with van der Waals surface area (Å²) in [7, 11) is -3.05. The molecular weight excluding hydrogens is 376 g/mol. The van der Waals surface area contributed by atoms with Crippen molar-refractivity contribution in [3.63, 3.8) is 0 Å². The van der Waals surface area contributed by atoms with Gasteiger partial charge in [-0.25, -0.2) is 13.0 Å². The van der Waals surface area contributed by atoms with Crippen molar-refractivity contribution in [2.75, 3.05) is 11.5 Å². The van der Waals surface area contributed by atoms with Gasteiger partial charge in [-0.15, -0.1) is 0 Å². The van der Waals surface area contributed by atoms with Crippen molar-refractivity contribution in [1.82, 2.24) is 4.57 Å². The SMILES string of the molecule is Cc1ccccc1-n1c(O)c(C=NC2CCS(=O)(=O)C2)c2ccccc2c1=O. The lowest BCUT2D eigenvalue weighted by atomic mass is 10.1. The van der Waals surface area contributed by atoms with E-state index in [0.29, 0.717) is 28.4 Å². The molecule has 144 valence electrons. The number of para-hydroxylation sites is 1. The molecule has 3 aromatic rings. The van der Waals surface area contributed by atoms with E-state index in [4.69, 9.17) is 0 Å². The smallest absolute Gasteiger partial charge is 0.265 e. The van der Waals surface area contributed by atoms with Crippen molar-refractivity contribution < 1.29 is 13.5 Å². The first-order valence-electron chi connectivity index (χ1n) is 9.04. The number of hydrogen-bond donors (Lipinski definition) is 1. The van der Waals surface area contributed by atoms with Crippen LogP contribution >= 0.6 is 0 Å². The molecule has 0 bridgehead atoms. The first-order valence-corrected chi connectivity index (χ1v) is 10.9. The lowest BCUT2D eigenvalue weighted by Gasteiger charge is -2.15. The highest BCUT2D eigenvalue weighted by Gasteiger charge is 2.27. The van der Waals surface area contributed by atoms with E-state index in [1.165, 1.54) is 10.8 Å².